The summed E-state index contributed by atoms with van der Waals surface area (Å²) in [6, 6.07) is 11.1. The maximum atomic E-state index is 11.9. The fourth-order valence-corrected chi connectivity index (χ4v) is 3.26. The predicted molar refractivity (Wildman–Crippen MR) is 104 cm³/mol. The van der Waals surface area contributed by atoms with Crippen LogP contribution in [0, 0.1) is 0 Å². The zero-order chi connectivity index (χ0) is 18.4. The minimum absolute atomic E-state index is 0.103. The summed E-state index contributed by atoms with van der Waals surface area (Å²) < 4.78 is 1.85. The standard InChI is InChI=1S/C18H16ClN5OS/c1-2-9-21-16(25)12-26-18-23-22-17(13-7-10-20-11-8-13)24(18)15-6-4-3-5-14(15)19/h2-8,10-11H,1,9,12H2,(H,21,25). The largest absolute Gasteiger partial charge is 0.352 e. The number of benzene rings is 1. The average Bonchev–Trinajstić information content (AvgIpc) is 3.09. The minimum Gasteiger partial charge on any atom is -0.352 e. The summed E-state index contributed by atoms with van der Waals surface area (Å²) >= 11 is 7.68. The van der Waals surface area contributed by atoms with Crippen molar-refractivity contribution in [1.29, 1.82) is 0 Å². The number of pyridine rings is 1. The van der Waals surface area contributed by atoms with Gasteiger partial charge in [-0.2, -0.15) is 0 Å². The van der Waals surface area contributed by atoms with E-state index in [1.165, 1.54) is 11.8 Å². The number of nitrogens with zero attached hydrogens (tertiary/aromatic N) is 4. The molecule has 0 saturated carbocycles. The summed E-state index contributed by atoms with van der Waals surface area (Å²) in [4.78, 5) is 15.9. The van der Waals surface area contributed by atoms with Crippen molar-refractivity contribution in [3.63, 3.8) is 0 Å². The van der Waals surface area contributed by atoms with Crippen LogP contribution in [0.2, 0.25) is 5.02 Å². The Labute approximate surface area is 160 Å². The molecule has 0 atom stereocenters. The number of aromatic nitrogens is 4. The van der Waals surface area contributed by atoms with Gasteiger partial charge in [0, 0.05) is 24.5 Å². The predicted octanol–water partition coefficient (Wildman–Crippen LogP) is 3.38. The molecule has 26 heavy (non-hydrogen) atoms. The summed E-state index contributed by atoms with van der Waals surface area (Å²) in [7, 11) is 0. The molecular weight excluding hydrogens is 370 g/mol. The van der Waals surface area contributed by atoms with E-state index >= 15 is 0 Å². The highest BCUT2D eigenvalue weighted by molar-refractivity contribution is 7.99. The van der Waals surface area contributed by atoms with Gasteiger partial charge in [-0.25, -0.2) is 0 Å². The maximum absolute atomic E-state index is 11.9. The first kappa shape index (κ1) is 18.2. The smallest absolute Gasteiger partial charge is 0.230 e. The molecule has 132 valence electrons. The lowest BCUT2D eigenvalue weighted by atomic mass is 10.2. The van der Waals surface area contributed by atoms with E-state index in [0.717, 1.165) is 11.3 Å². The average molecular weight is 386 g/mol. The van der Waals surface area contributed by atoms with Crippen LogP contribution < -0.4 is 5.32 Å². The molecule has 0 aliphatic rings. The third-order valence-electron chi connectivity index (χ3n) is 3.44. The van der Waals surface area contributed by atoms with Crippen molar-refractivity contribution < 1.29 is 4.79 Å². The maximum Gasteiger partial charge on any atom is 0.230 e. The Morgan fingerprint density at radius 1 is 1.23 bits per heavy atom. The first-order chi connectivity index (χ1) is 12.7. The summed E-state index contributed by atoms with van der Waals surface area (Å²) in [6.45, 7) is 4.01. The zero-order valence-corrected chi connectivity index (χ0v) is 15.4. The Hall–Kier alpha value is -2.64. The van der Waals surface area contributed by atoms with Gasteiger partial charge in [-0.15, -0.1) is 16.8 Å². The van der Waals surface area contributed by atoms with E-state index in [1.54, 1.807) is 24.5 Å². The zero-order valence-electron chi connectivity index (χ0n) is 13.8. The Morgan fingerprint density at radius 3 is 2.73 bits per heavy atom. The SMILES string of the molecule is C=CCNC(=O)CSc1nnc(-c2ccncc2)n1-c1ccccc1Cl. The Morgan fingerprint density at radius 2 is 2.00 bits per heavy atom. The molecule has 1 N–H and O–H groups in total. The number of hydrogen-bond donors (Lipinski definition) is 1. The number of thioether (sulfide) groups is 1. The van der Waals surface area contributed by atoms with Crippen LogP contribution in [0.25, 0.3) is 17.1 Å². The first-order valence-corrected chi connectivity index (χ1v) is 9.18. The monoisotopic (exact) mass is 385 g/mol. The summed E-state index contributed by atoms with van der Waals surface area (Å²) in [5.74, 6) is 0.746. The van der Waals surface area contributed by atoms with E-state index in [0.29, 0.717) is 22.5 Å². The number of rotatable bonds is 7. The summed E-state index contributed by atoms with van der Waals surface area (Å²) in [5, 5.41) is 12.5. The second-order valence-electron chi connectivity index (χ2n) is 5.21. The molecular formula is C18H16ClN5OS. The van der Waals surface area contributed by atoms with Crippen molar-refractivity contribution in [1.82, 2.24) is 25.1 Å². The quantitative estimate of drug-likeness (QED) is 0.498. The molecule has 2 heterocycles. The van der Waals surface area contributed by atoms with Crippen molar-refractivity contribution in [2.45, 2.75) is 5.16 Å². The Bertz CT molecular complexity index is 913. The van der Waals surface area contributed by atoms with Crippen molar-refractivity contribution in [3.05, 3.63) is 66.5 Å². The van der Waals surface area contributed by atoms with Gasteiger partial charge in [0.05, 0.1) is 16.5 Å². The molecule has 0 aliphatic heterocycles. The fourth-order valence-electron chi connectivity index (χ4n) is 2.27. The van der Waals surface area contributed by atoms with E-state index in [1.807, 2.05) is 34.9 Å². The van der Waals surface area contributed by atoms with Gasteiger partial charge in [0.15, 0.2) is 11.0 Å². The highest BCUT2D eigenvalue weighted by Crippen LogP contribution is 2.31. The van der Waals surface area contributed by atoms with Gasteiger partial charge in [-0.05, 0) is 24.3 Å². The number of carbonyl (C=O) groups excluding carboxylic acids is 1. The number of carbonyl (C=O) groups is 1. The lowest BCUT2D eigenvalue weighted by Gasteiger charge is -2.11. The summed E-state index contributed by atoms with van der Waals surface area (Å²) in [5.41, 5.74) is 1.61. The minimum atomic E-state index is -0.103. The second-order valence-corrected chi connectivity index (χ2v) is 6.56. The van der Waals surface area contributed by atoms with E-state index in [4.69, 9.17) is 11.6 Å². The number of para-hydroxylation sites is 1. The normalized spacial score (nSPS) is 10.5. The number of hydrogen-bond acceptors (Lipinski definition) is 5. The highest BCUT2D eigenvalue weighted by Gasteiger charge is 2.18. The number of amides is 1. The summed E-state index contributed by atoms with van der Waals surface area (Å²) in [6.07, 6.45) is 5.02. The third-order valence-corrected chi connectivity index (χ3v) is 4.69. The van der Waals surface area contributed by atoms with Crippen molar-refractivity contribution >= 4 is 29.3 Å². The van der Waals surface area contributed by atoms with Gasteiger partial charge in [0.2, 0.25) is 5.91 Å². The van der Waals surface area contributed by atoms with Crippen LogP contribution >= 0.6 is 23.4 Å². The van der Waals surface area contributed by atoms with Crippen LogP contribution in [0.4, 0.5) is 0 Å². The van der Waals surface area contributed by atoms with Crippen LogP contribution in [0.1, 0.15) is 0 Å². The lowest BCUT2D eigenvalue weighted by Crippen LogP contribution is -2.25. The molecule has 0 fully saturated rings. The van der Waals surface area contributed by atoms with Crippen LogP contribution in [0.15, 0.2) is 66.6 Å². The molecule has 0 bridgehead atoms. The molecule has 1 amide bonds. The van der Waals surface area contributed by atoms with Crippen molar-refractivity contribution in [3.8, 4) is 17.1 Å². The molecule has 0 aliphatic carbocycles. The molecule has 0 spiro atoms. The molecule has 0 unspecified atom stereocenters. The van der Waals surface area contributed by atoms with Gasteiger partial charge in [0.1, 0.15) is 0 Å². The molecule has 3 rings (SSSR count). The van der Waals surface area contributed by atoms with Crippen molar-refractivity contribution in [2.75, 3.05) is 12.3 Å². The van der Waals surface area contributed by atoms with Gasteiger partial charge in [0.25, 0.3) is 0 Å². The van der Waals surface area contributed by atoms with Crippen molar-refractivity contribution in [2.24, 2.45) is 0 Å². The van der Waals surface area contributed by atoms with Crippen LogP contribution in [-0.2, 0) is 4.79 Å². The van der Waals surface area contributed by atoms with E-state index in [2.05, 4.69) is 27.1 Å². The molecule has 0 saturated heterocycles. The van der Waals surface area contributed by atoms with Crippen LogP contribution in [0.5, 0.6) is 0 Å². The van der Waals surface area contributed by atoms with E-state index in [-0.39, 0.29) is 11.7 Å². The number of nitrogens with one attached hydrogen (secondary N) is 1. The van der Waals surface area contributed by atoms with Gasteiger partial charge in [-0.3, -0.25) is 14.3 Å². The lowest BCUT2D eigenvalue weighted by molar-refractivity contribution is -0.118. The molecule has 1 aromatic carbocycles. The molecule has 8 heteroatoms. The van der Waals surface area contributed by atoms with E-state index < -0.39 is 0 Å². The van der Waals surface area contributed by atoms with Gasteiger partial charge >= 0.3 is 0 Å². The first-order valence-electron chi connectivity index (χ1n) is 7.82. The second kappa shape index (κ2) is 8.64. The highest BCUT2D eigenvalue weighted by atomic mass is 35.5. The molecule has 6 nitrogen and oxygen atoms in total. The van der Waals surface area contributed by atoms with E-state index in [9.17, 15) is 4.79 Å². The third kappa shape index (κ3) is 4.12. The van der Waals surface area contributed by atoms with Gasteiger partial charge in [-0.1, -0.05) is 41.6 Å². The van der Waals surface area contributed by atoms with Crippen LogP contribution in [-0.4, -0.2) is 38.0 Å². The molecule has 0 radical (unpaired) electrons. The Balaban J connectivity index is 1.97. The fraction of sp³-hybridized carbons (Fsp3) is 0.111. The molecule has 3 aromatic rings. The Kier molecular flexibility index (Phi) is 6.04. The van der Waals surface area contributed by atoms with Crippen LogP contribution in [0.3, 0.4) is 0 Å². The topological polar surface area (TPSA) is 72.7 Å². The number of halogens is 1. The molecule has 2 aromatic heterocycles. The van der Waals surface area contributed by atoms with Gasteiger partial charge < -0.3 is 5.32 Å².